The lowest BCUT2D eigenvalue weighted by Crippen LogP contribution is -1.96. The lowest BCUT2D eigenvalue weighted by Gasteiger charge is -1.96. The van der Waals surface area contributed by atoms with E-state index in [1.807, 2.05) is 0 Å². The first kappa shape index (κ1) is 5.36. The molecule has 0 N–H and O–H groups in total. The Balaban J connectivity index is 3.17. The van der Waals surface area contributed by atoms with Crippen LogP contribution in [-0.2, 0) is 0 Å². The normalized spacial score (nSPS) is 16.9. The summed E-state index contributed by atoms with van der Waals surface area (Å²) in [6.07, 6.45) is 2.27. The molecule has 0 aromatic heterocycles. The second-order valence-electron chi connectivity index (χ2n) is 2.07. The van der Waals surface area contributed by atoms with Crippen molar-refractivity contribution in [1.29, 1.82) is 0 Å². The fourth-order valence-corrected chi connectivity index (χ4v) is 1.30. The minimum atomic E-state index is -0.308. The van der Waals surface area contributed by atoms with Crippen molar-refractivity contribution in [2.75, 3.05) is 0 Å². The fourth-order valence-electron chi connectivity index (χ4n) is 0.433. The molecule has 0 bridgehead atoms. The average Bonchev–Trinajstić information content (AvgIpc) is 1.67. The summed E-state index contributed by atoms with van der Waals surface area (Å²) in [5.41, 5.74) is 0. The van der Waals surface area contributed by atoms with Crippen molar-refractivity contribution in [3.8, 4) is 0 Å². The molecule has 0 aromatic carbocycles. The zero-order valence-electron chi connectivity index (χ0n) is 6.49. The molecule has 0 fully saturated rings. The number of hydrogen-bond acceptors (Lipinski definition) is 0. The first-order valence-corrected chi connectivity index (χ1v) is 5.48. The van der Waals surface area contributed by atoms with Crippen LogP contribution in [0.5, 0.6) is 0 Å². The van der Waals surface area contributed by atoms with Gasteiger partial charge in [0.15, 0.2) is 0 Å². The molecule has 1 heteroatoms. The Kier molecular flexibility index (Phi) is 3.35. The predicted octanol–water partition coefficient (Wildman–Crippen LogP) is 2.54. The van der Waals surface area contributed by atoms with E-state index >= 15 is 0 Å². The molecule has 1 unspecified atom stereocenters. The maximum Gasteiger partial charge on any atom is 0.0412 e. The van der Waals surface area contributed by atoms with Crippen LogP contribution in [0.4, 0.5) is 0 Å². The quantitative estimate of drug-likeness (QED) is 0.498. The minimum Gasteiger partial charge on any atom is -0.0713 e. The molecule has 0 aliphatic rings. The molecule has 0 rings (SSSR count). The van der Waals surface area contributed by atoms with Crippen molar-refractivity contribution in [1.82, 2.24) is 0 Å². The highest BCUT2D eigenvalue weighted by atomic mass is 28.3. The summed E-state index contributed by atoms with van der Waals surface area (Å²) < 4.78 is 7.47. The topological polar surface area (TPSA) is 0 Å². The summed E-state index contributed by atoms with van der Waals surface area (Å²) in [5.74, 6) is 0. The summed E-state index contributed by atoms with van der Waals surface area (Å²) in [7, 11) is -0.308. The van der Waals surface area contributed by atoms with Crippen LogP contribution in [0.15, 0.2) is 0 Å². The number of rotatable bonds is 3. The Labute approximate surface area is 49.9 Å². The molecular weight excluding hydrogens is 100 g/mol. The smallest absolute Gasteiger partial charge is 0.0412 e. The Morgan fingerprint density at radius 1 is 1.57 bits per heavy atom. The average molecular weight is 117 g/mol. The molecule has 0 aromatic rings. The second-order valence-corrected chi connectivity index (χ2v) is 4.63. The van der Waals surface area contributed by atoms with Crippen LogP contribution < -0.4 is 0 Å². The zero-order valence-corrected chi connectivity index (χ0v) is 6.49. The molecule has 0 amide bonds. The molecule has 0 nitrogen and oxygen atoms in total. The molecule has 0 aliphatic heterocycles. The van der Waals surface area contributed by atoms with Crippen LogP contribution in [0.25, 0.3) is 0 Å². The van der Waals surface area contributed by atoms with Crippen molar-refractivity contribution in [2.45, 2.75) is 38.9 Å². The van der Waals surface area contributed by atoms with E-state index in [2.05, 4.69) is 20.0 Å². The van der Waals surface area contributed by atoms with Crippen LogP contribution in [0.1, 0.15) is 21.1 Å². The van der Waals surface area contributed by atoms with E-state index in [4.69, 9.17) is 1.37 Å². The van der Waals surface area contributed by atoms with Gasteiger partial charge in [-0.05, 0) is 0 Å². The summed E-state index contributed by atoms with van der Waals surface area (Å²) >= 11 is 0. The van der Waals surface area contributed by atoms with Crippen molar-refractivity contribution in [3.63, 3.8) is 0 Å². The van der Waals surface area contributed by atoms with Crippen LogP contribution in [-0.4, -0.2) is 8.80 Å². The third-order valence-electron chi connectivity index (χ3n) is 0.841. The SMILES string of the molecule is [3H]C(CCC)[Si](C)C. The molecule has 0 spiro atoms. The van der Waals surface area contributed by atoms with Crippen molar-refractivity contribution in [2.24, 2.45) is 0 Å². The van der Waals surface area contributed by atoms with E-state index in [-0.39, 0.29) is 14.8 Å². The minimum absolute atomic E-state index is 0.269. The second kappa shape index (κ2) is 4.38. The van der Waals surface area contributed by atoms with Crippen molar-refractivity contribution >= 4 is 8.80 Å². The van der Waals surface area contributed by atoms with Gasteiger partial charge < -0.3 is 0 Å². The molecule has 0 heterocycles. The lowest BCUT2D eigenvalue weighted by atomic mass is 10.4. The van der Waals surface area contributed by atoms with E-state index in [9.17, 15) is 0 Å². The van der Waals surface area contributed by atoms with Crippen molar-refractivity contribution in [3.05, 3.63) is 0 Å². The highest BCUT2D eigenvalue weighted by molar-refractivity contribution is 6.55. The van der Waals surface area contributed by atoms with Crippen LogP contribution >= 0.6 is 0 Å². The van der Waals surface area contributed by atoms with E-state index in [1.54, 1.807) is 0 Å². The van der Waals surface area contributed by atoms with E-state index in [0.29, 0.717) is 0 Å². The van der Waals surface area contributed by atoms with Gasteiger partial charge in [-0.3, -0.25) is 0 Å². The molecule has 0 saturated heterocycles. The fraction of sp³-hybridized carbons (Fsp3) is 1.00. The lowest BCUT2D eigenvalue weighted by molar-refractivity contribution is 0.875. The first-order chi connectivity index (χ1) is 3.68. The zero-order chi connectivity index (χ0) is 6.57. The highest BCUT2D eigenvalue weighted by Gasteiger charge is 1.91. The summed E-state index contributed by atoms with van der Waals surface area (Å²) in [6.45, 7) is 6.56. The molecule has 0 aliphatic carbocycles. The van der Waals surface area contributed by atoms with Crippen LogP contribution in [0.2, 0.25) is 19.1 Å². The van der Waals surface area contributed by atoms with Gasteiger partial charge in [-0.2, -0.15) is 0 Å². The van der Waals surface area contributed by atoms with Gasteiger partial charge in [0, 0.05) is 10.2 Å². The molecular formula is C6H15Si. The Bertz CT molecular complexity index is 54.5. The standard InChI is InChI=1S/C6H15Si/c1-4-5-6-7(2)3/h4-6H2,1-3H3/i6T. The monoisotopic (exact) mass is 117 g/mol. The van der Waals surface area contributed by atoms with Gasteiger partial charge in [0.05, 0.1) is 0 Å². The summed E-state index contributed by atoms with van der Waals surface area (Å²) in [6, 6.07) is 0.269. The van der Waals surface area contributed by atoms with Crippen molar-refractivity contribution < 1.29 is 1.37 Å². The molecule has 1 atom stereocenters. The van der Waals surface area contributed by atoms with Gasteiger partial charge >= 0.3 is 0 Å². The molecule has 43 valence electrons. The third kappa shape index (κ3) is 6.22. The Morgan fingerprint density at radius 2 is 2.14 bits per heavy atom. The summed E-state index contributed by atoms with van der Waals surface area (Å²) in [4.78, 5) is 0. The maximum absolute atomic E-state index is 7.47. The molecule has 1 radical (unpaired) electrons. The van der Waals surface area contributed by atoms with Gasteiger partial charge in [0.25, 0.3) is 0 Å². The van der Waals surface area contributed by atoms with Gasteiger partial charge in [0.1, 0.15) is 0 Å². The number of hydrogen-bond donors (Lipinski definition) is 0. The van der Waals surface area contributed by atoms with Crippen LogP contribution in [0.3, 0.4) is 0 Å². The largest absolute Gasteiger partial charge is 0.0713 e. The molecule has 0 saturated carbocycles. The summed E-state index contributed by atoms with van der Waals surface area (Å²) in [5, 5.41) is 0. The Hall–Kier alpha value is 0.217. The van der Waals surface area contributed by atoms with Gasteiger partial charge in [0.2, 0.25) is 0 Å². The predicted molar refractivity (Wildman–Crippen MR) is 37.2 cm³/mol. The third-order valence-corrected chi connectivity index (χ3v) is 1.95. The van der Waals surface area contributed by atoms with E-state index < -0.39 is 0 Å². The first-order valence-electron chi connectivity index (χ1n) is 3.48. The Morgan fingerprint density at radius 3 is 2.29 bits per heavy atom. The van der Waals surface area contributed by atoms with E-state index in [1.165, 1.54) is 6.42 Å². The van der Waals surface area contributed by atoms with Crippen LogP contribution in [0, 0.1) is 0 Å². The van der Waals surface area contributed by atoms with Gasteiger partial charge in [-0.1, -0.05) is 38.9 Å². The van der Waals surface area contributed by atoms with E-state index in [0.717, 1.165) is 6.42 Å². The molecule has 7 heavy (non-hydrogen) atoms. The maximum atomic E-state index is 7.47. The highest BCUT2D eigenvalue weighted by Crippen LogP contribution is 1.98. The van der Waals surface area contributed by atoms with Gasteiger partial charge in [-0.25, -0.2) is 0 Å². The van der Waals surface area contributed by atoms with Gasteiger partial charge in [-0.15, -0.1) is 0 Å².